The van der Waals surface area contributed by atoms with Crippen LogP contribution in [0.1, 0.15) is 43.0 Å². The molecule has 1 fully saturated rings. The van der Waals surface area contributed by atoms with Gasteiger partial charge in [-0.1, -0.05) is 0 Å². The molecule has 5 nitrogen and oxygen atoms in total. The van der Waals surface area contributed by atoms with Crippen LogP contribution in [-0.4, -0.2) is 20.9 Å². The quantitative estimate of drug-likeness (QED) is 0.770. The van der Waals surface area contributed by atoms with Crippen LogP contribution in [0.4, 0.5) is 0 Å². The van der Waals surface area contributed by atoms with E-state index in [9.17, 15) is 4.79 Å². The first-order chi connectivity index (χ1) is 7.13. The van der Waals surface area contributed by atoms with Crippen molar-refractivity contribution in [1.29, 1.82) is 0 Å². The summed E-state index contributed by atoms with van der Waals surface area (Å²) < 4.78 is 1.76. The summed E-state index contributed by atoms with van der Waals surface area (Å²) in [5.41, 5.74) is 7.17. The maximum atomic E-state index is 10.8. The molecule has 1 aromatic rings. The minimum absolute atomic E-state index is 0.429. The maximum absolute atomic E-state index is 10.8. The first-order valence-corrected chi connectivity index (χ1v) is 5.19. The van der Waals surface area contributed by atoms with E-state index < -0.39 is 12.0 Å². The zero-order chi connectivity index (χ0) is 11.0. The van der Waals surface area contributed by atoms with E-state index in [4.69, 9.17) is 10.8 Å². The molecule has 2 rings (SSSR count). The number of nitrogens with zero attached hydrogens (tertiary/aromatic N) is 2. The fraction of sp³-hybridized carbons (Fsp3) is 0.600. The molecular formula is C10H15N3O2. The van der Waals surface area contributed by atoms with Gasteiger partial charge in [-0.2, -0.15) is 5.10 Å². The molecule has 1 aliphatic carbocycles. The van der Waals surface area contributed by atoms with Crippen molar-refractivity contribution >= 4 is 5.97 Å². The largest absolute Gasteiger partial charge is 0.480 e. The summed E-state index contributed by atoms with van der Waals surface area (Å²) >= 11 is 0. The first-order valence-electron chi connectivity index (χ1n) is 5.19. The predicted octanol–water partition coefficient (Wildman–Crippen LogP) is 0.865. The Balaban J connectivity index is 2.34. The minimum atomic E-state index is -0.993. The summed E-state index contributed by atoms with van der Waals surface area (Å²) in [6.07, 6.45) is 3.95. The topological polar surface area (TPSA) is 81.1 Å². The number of carboxylic acid groups (broad SMARTS) is 1. The molecule has 0 radical (unpaired) electrons. The Bertz CT molecular complexity index is 382. The fourth-order valence-electron chi connectivity index (χ4n) is 1.66. The molecule has 0 aromatic carbocycles. The number of aliphatic carboxylic acids is 1. The number of carbonyl (C=O) groups is 1. The standard InChI is InChI=1S/C10H15N3O2/c1-2-13-5-7(8(11)10(14)15)9(12-13)6-3-4-6/h5-6,8H,2-4,11H2,1H3,(H,14,15). The van der Waals surface area contributed by atoms with Crippen LogP contribution in [0.5, 0.6) is 0 Å². The van der Waals surface area contributed by atoms with Crippen molar-refractivity contribution in [2.75, 3.05) is 0 Å². The third kappa shape index (κ3) is 1.87. The lowest BCUT2D eigenvalue weighted by atomic mass is 10.1. The van der Waals surface area contributed by atoms with Gasteiger partial charge in [0, 0.05) is 24.2 Å². The highest BCUT2D eigenvalue weighted by Gasteiger charge is 2.32. The molecule has 0 bridgehead atoms. The van der Waals surface area contributed by atoms with Crippen molar-refractivity contribution < 1.29 is 9.90 Å². The Morgan fingerprint density at radius 2 is 2.47 bits per heavy atom. The summed E-state index contributed by atoms with van der Waals surface area (Å²) in [5.74, 6) is -0.564. The SMILES string of the molecule is CCn1cc(C(N)C(=O)O)c(C2CC2)n1. The van der Waals surface area contributed by atoms with E-state index in [0.717, 1.165) is 25.1 Å². The van der Waals surface area contributed by atoms with Gasteiger partial charge in [0.05, 0.1) is 5.69 Å². The van der Waals surface area contributed by atoms with Gasteiger partial charge in [-0.3, -0.25) is 9.48 Å². The molecule has 1 atom stereocenters. The van der Waals surface area contributed by atoms with E-state index in [1.807, 2.05) is 6.92 Å². The molecule has 0 amide bonds. The average Bonchev–Trinajstić information content (AvgIpc) is 2.97. The first kappa shape index (κ1) is 10.2. The molecule has 0 saturated heterocycles. The molecule has 15 heavy (non-hydrogen) atoms. The summed E-state index contributed by atoms with van der Waals surface area (Å²) in [6, 6.07) is -0.944. The van der Waals surface area contributed by atoms with Crippen molar-refractivity contribution in [1.82, 2.24) is 9.78 Å². The van der Waals surface area contributed by atoms with E-state index >= 15 is 0 Å². The van der Waals surface area contributed by atoms with Gasteiger partial charge in [-0.15, -0.1) is 0 Å². The summed E-state index contributed by atoms with van der Waals surface area (Å²) in [4.78, 5) is 10.8. The van der Waals surface area contributed by atoms with E-state index in [2.05, 4.69) is 5.10 Å². The molecule has 1 saturated carbocycles. The Hall–Kier alpha value is -1.36. The van der Waals surface area contributed by atoms with Crippen molar-refractivity contribution in [3.8, 4) is 0 Å². The van der Waals surface area contributed by atoms with Crippen LogP contribution in [0, 0.1) is 0 Å². The van der Waals surface area contributed by atoms with Gasteiger partial charge in [0.2, 0.25) is 0 Å². The highest BCUT2D eigenvalue weighted by Crippen LogP contribution is 2.41. The third-order valence-electron chi connectivity index (χ3n) is 2.71. The van der Waals surface area contributed by atoms with Gasteiger partial charge >= 0.3 is 5.97 Å². The van der Waals surface area contributed by atoms with Crippen LogP contribution < -0.4 is 5.73 Å². The van der Waals surface area contributed by atoms with E-state index in [0.29, 0.717) is 11.5 Å². The average molecular weight is 209 g/mol. The van der Waals surface area contributed by atoms with Crippen LogP contribution in [0.25, 0.3) is 0 Å². The molecule has 5 heteroatoms. The normalized spacial score (nSPS) is 17.7. The van der Waals surface area contributed by atoms with Crippen LogP contribution >= 0.6 is 0 Å². The molecule has 1 unspecified atom stereocenters. The van der Waals surface area contributed by atoms with Crippen molar-refractivity contribution in [2.24, 2.45) is 5.73 Å². The lowest BCUT2D eigenvalue weighted by molar-refractivity contribution is -0.138. The van der Waals surface area contributed by atoms with E-state index in [1.54, 1.807) is 10.9 Å². The number of hydrogen-bond donors (Lipinski definition) is 2. The second-order valence-corrected chi connectivity index (χ2v) is 3.92. The van der Waals surface area contributed by atoms with E-state index in [-0.39, 0.29) is 0 Å². The van der Waals surface area contributed by atoms with Gasteiger partial charge in [0.15, 0.2) is 0 Å². The number of nitrogens with two attached hydrogens (primary N) is 1. The van der Waals surface area contributed by atoms with Gasteiger partial charge in [0.25, 0.3) is 0 Å². The highest BCUT2D eigenvalue weighted by molar-refractivity contribution is 5.75. The molecule has 1 heterocycles. The maximum Gasteiger partial charge on any atom is 0.325 e. The van der Waals surface area contributed by atoms with Crippen LogP contribution in [0.2, 0.25) is 0 Å². The summed E-state index contributed by atoms with van der Waals surface area (Å²) in [7, 11) is 0. The van der Waals surface area contributed by atoms with Crippen LogP contribution in [-0.2, 0) is 11.3 Å². The van der Waals surface area contributed by atoms with Crippen LogP contribution in [0.15, 0.2) is 6.20 Å². The summed E-state index contributed by atoms with van der Waals surface area (Å²) in [5, 5.41) is 13.2. The zero-order valence-corrected chi connectivity index (χ0v) is 8.68. The van der Waals surface area contributed by atoms with Crippen LogP contribution in [0.3, 0.4) is 0 Å². The molecule has 3 N–H and O–H groups in total. The van der Waals surface area contributed by atoms with Gasteiger partial charge in [-0.25, -0.2) is 0 Å². The number of aromatic nitrogens is 2. The minimum Gasteiger partial charge on any atom is -0.480 e. The van der Waals surface area contributed by atoms with Crippen molar-refractivity contribution in [3.05, 3.63) is 17.5 Å². The molecule has 0 aliphatic heterocycles. The number of rotatable bonds is 4. The van der Waals surface area contributed by atoms with E-state index in [1.165, 1.54) is 0 Å². The Morgan fingerprint density at radius 3 is 2.93 bits per heavy atom. The number of hydrogen-bond acceptors (Lipinski definition) is 3. The molecule has 82 valence electrons. The van der Waals surface area contributed by atoms with Crippen molar-refractivity contribution in [3.63, 3.8) is 0 Å². The molecule has 1 aromatic heterocycles. The second-order valence-electron chi connectivity index (χ2n) is 3.92. The highest BCUT2D eigenvalue weighted by atomic mass is 16.4. The number of carboxylic acids is 1. The molecular weight excluding hydrogens is 194 g/mol. The fourth-order valence-corrected chi connectivity index (χ4v) is 1.66. The molecule has 1 aliphatic rings. The smallest absolute Gasteiger partial charge is 0.325 e. The summed E-state index contributed by atoms with van der Waals surface area (Å²) in [6.45, 7) is 2.71. The van der Waals surface area contributed by atoms with Crippen molar-refractivity contribution in [2.45, 2.75) is 38.3 Å². The Labute approximate surface area is 87.9 Å². The molecule has 0 spiro atoms. The lowest BCUT2D eigenvalue weighted by Gasteiger charge is -2.04. The third-order valence-corrected chi connectivity index (χ3v) is 2.71. The Morgan fingerprint density at radius 1 is 1.80 bits per heavy atom. The second kappa shape index (κ2) is 3.66. The van der Waals surface area contributed by atoms with Gasteiger partial charge < -0.3 is 10.8 Å². The Kier molecular flexibility index (Phi) is 2.48. The number of aryl methyl sites for hydroxylation is 1. The zero-order valence-electron chi connectivity index (χ0n) is 8.68. The lowest BCUT2D eigenvalue weighted by Crippen LogP contribution is -2.21. The predicted molar refractivity (Wildman–Crippen MR) is 54.4 cm³/mol. The monoisotopic (exact) mass is 209 g/mol. The van der Waals surface area contributed by atoms with Gasteiger partial charge in [0.1, 0.15) is 6.04 Å². The van der Waals surface area contributed by atoms with Gasteiger partial charge in [-0.05, 0) is 19.8 Å².